The second kappa shape index (κ2) is 7.24. The lowest BCUT2D eigenvalue weighted by Crippen LogP contribution is -2.23. The molecule has 1 aromatic heterocycles. The van der Waals surface area contributed by atoms with Crippen molar-refractivity contribution in [2.75, 3.05) is 27.2 Å². The number of nitrogens with zero attached hydrogens (tertiary/aromatic N) is 2. The number of esters is 1. The highest BCUT2D eigenvalue weighted by molar-refractivity contribution is 5.91. The van der Waals surface area contributed by atoms with E-state index in [0.29, 0.717) is 18.5 Å². The number of hydrogen-bond acceptors (Lipinski definition) is 4. The first-order chi connectivity index (χ1) is 9.50. The topological polar surface area (TPSA) is 51.5 Å². The van der Waals surface area contributed by atoms with Gasteiger partial charge < -0.3 is 14.2 Å². The summed E-state index contributed by atoms with van der Waals surface area (Å²) in [7, 11) is 5.56. The van der Waals surface area contributed by atoms with Crippen LogP contribution in [0.1, 0.15) is 10.5 Å². The molecule has 0 bridgehead atoms. The lowest BCUT2D eigenvalue weighted by atomic mass is 10.2. The maximum absolute atomic E-state index is 12.0. The third-order valence-corrected chi connectivity index (χ3v) is 3.14. The third-order valence-electron chi connectivity index (χ3n) is 3.14. The van der Waals surface area contributed by atoms with E-state index in [2.05, 4.69) is 0 Å². The van der Waals surface area contributed by atoms with Gasteiger partial charge in [0.15, 0.2) is 5.43 Å². The molecule has 0 spiro atoms. The van der Waals surface area contributed by atoms with Gasteiger partial charge in [-0.1, -0.05) is 12.1 Å². The first-order valence-corrected chi connectivity index (χ1v) is 6.41. The zero-order valence-electron chi connectivity index (χ0n) is 12.3. The molecule has 2 aromatic rings. The minimum absolute atomic E-state index is 0. The molecule has 21 heavy (non-hydrogen) atoms. The van der Waals surface area contributed by atoms with Gasteiger partial charge in [0.05, 0.1) is 5.52 Å². The number of hydrogen-bond donors (Lipinski definition) is 0. The van der Waals surface area contributed by atoms with Crippen LogP contribution in [-0.4, -0.2) is 42.7 Å². The van der Waals surface area contributed by atoms with Crippen molar-refractivity contribution in [1.82, 2.24) is 9.47 Å². The Morgan fingerprint density at radius 1 is 1.29 bits per heavy atom. The Labute approximate surface area is 129 Å². The molecule has 0 aliphatic carbocycles. The summed E-state index contributed by atoms with van der Waals surface area (Å²) in [6.07, 6.45) is 0. The van der Waals surface area contributed by atoms with Gasteiger partial charge in [0.1, 0.15) is 12.3 Å². The highest BCUT2D eigenvalue weighted by Gasteiger charge is 2.14. The van der Waals surface area contributed by atoms with Crippen molar-refractivity contribution < 1.29 is 9.53 Å². The fraction of sp³-hybridized carbons (Fsp3) is 0.333. The summed E-state index contributed by atoms with van der Waals surface area (Å²) in [6.45, 7) is 0.945. The standard InChI is InChI=1S/C15H18N2O3.ClH/c1-16(2)8-9-20-15(19)13-10-14(18)11-6-4-5-7-12(11)17(13)3;/h4-7,10H,8-9H2,1-3H3;1H. The number of likely N-dealkylation sites (N-methyl/N-ethyl adjacent to an activating group) is 1. The van der Waals surface area contributed by atoms with Gasteiger partial charge in [0.2, 0.25) is 0 Å². The Kier molecular flexibility index (Phi) is 5.93. The van der Waals surface area contributed by atoms with Crippen molar-refractivity contribution in [2.24, 2.45) is 7.05 Å². The van der Waals surface area contributed by atoms with E-state index >= 15 is 0 Å². The molecule has 1 heterocycles. The van der Waals surface area contributed by atoms with Gasteiger partial charge in [-0.25, -0.2) is 4.79 Å². The summed E-state index contributed by atoms with van der Waals surface area (Å²) in [5, 5.41) is 0.597. The summed E-state index contributed by atoms with van der Waals surface area (Å²) >= 11 is 0. The van der Waals surface area contributed by atoms with Crippen LogP contribution >= 0.6 is 12.4 Å². The van der Waals surface area contributed by atoms with Crippen LogP contribution in [0.5, 0.6) is 0 Å². The lowest BCUT2D eigenvalue weighted by Gasteiger charge is -2.13. The molecule has 0 aliphatic rings. The Hall–Kier alpha value is -1.85. The van der Waals surface area contributed by atoms with E-state index in [0.717, 1.165) is 5.52 Å². The molecule has 2 rings (SSSR count). The third kappa shape index (κ3) is 3.83. The quantitative estimate of drug-likeness (QED) is 0.806. The van der Waals surface area contributed by atoms with Crippen molar-refractivity contribution in [1.29, 1.82) is 0 Å². The fourth-order valence-electron chi connectivity index (χ4n) is 1.99. The normalized spacial score (nSPS) is 10.5. The van der Waals surface area contributed by atoms with Crippen LogP contribution in [0.15, 0.2) is 35.1 Å². The zero-order valence-corrected chi connectivity index (χ0v) is 13.1. The molecule has 0 unspecified atom stereocenters. The Morgan fingerprint density at radius 2 is 1.95 bits per heavy atom. The maximum atomic E-state index is 12.0. The van der Waals surface area contributed by atoms with Crippen molar-refractivity contribution >= 4 is 29.3 Å². The predicted octanol–water partition coefficient (Wildman–Crippen LogP) is 1.68. The van der Waals surface area contributed by atoms with Crippen LogP contribution in [0.4, 0.5) is 0 Å². The second-order valence-electron chi connectivity index (χ2n) is 4.91. The number of halogens is 1. The van der Waals surface area contributed by atoms with Crippen molar-refractivity contribution in [2.45, 2.75) is 0 Å². The monoisotopic (exact) mass is 310 g/mol. The fourth-order valence-corrected chi connectivity index (χ4v) is 1.99. The maximum Gasteiger partial charge on any atom is 0.355 e. The van der Waals surface area contributed by atoms with Crippen LogP contribution in [0.3, 0.4) is 0 Å². The number of rotatable bonds is 4. The van der Waals surface area contributed by atoms with Crippen LogP contribution in [-0.2, 0) is 11.8 Å². The molecule has 1 aromatic carbocycles. The Balaban J connectivity index is 0.00000220. The average Bonchev–Trinajstić information content (AvgIpc) is 2.42. The van der Waals surface area contributed by atoms with E-state index in [9.17, 15) is 9.59 Å². The van der Waals surface area contributed by atoms with Crippen LogP contribution in [0.2, 0.25) is 0 Å². The smallest absolute Gasteiger partial charge is 0.355 e. The molecular formula is C15H19ClN2O3. The summed E-state index contributed by atoms with van der Waals surface area (Å²) in [5.41, 5.74) is 0.824. The van der Waals surface area contributed by atoms with Gasteiger partial charge in [0.25, 0.3) is 0 Å². The highest BCUT2D eigenvalue weighted by Crippen LogP contribution is 2.11. The summed E-state index contributed by atoms with van der Waals surface area (Å²) in [5.74, 6) is -0.475. The van der Waals surface area contributed by atoms with E-state index < -0.39 is 5.97 Å². The largest absolute Gasteiger partial charge is 0.460 e. The summed E-state index contributed by atoms with van der Waals surface area (Å²) in [6, 6.07) is 8.54. The number of pyridine rings is 1. The van der Waals surface area contributed by atoms with E-state index in [1.165, 1.54) is 6.07 Å². The number of carbonyl (C=O) groups excluding carboxylic acids is 1. The van der Waals surface area contributed by atoms with Crippen molar-refractivity contribution in [3.05, 3.63) is 46.2 Å². The molecule has 0 fully saturated rings. The molecule has 0 saturated carbocycles. The van der Waals surface area contributed by atoms with E-state index in [4.69, 9.17) is 4.74 Å². The summed E-state index contributed by atoms with van der Waals surface area (Å²) in [4.78, 5) is 26.0. The predicted molar refractivity (Wildman–Crippen MR) is 85.3 cm³/mol. The average molecular weight is 311 g/mol. The van der Waals surface area contributed by atoms with Crippen LogP contribution in [0.25, 0.3) is 10.9 Å². The number of benzene rings is 1. The number of fused-ring (bicyclic) bond motifs is 1. The number of aryl methyl sites for hydroxylation is 1. The second-order valence-corrected chi connectivity index (χ2v) is 4.91. The molecule has 0 saturated heterocycles. The molecular weight excluding hydrogens is 292 g/mol. The number of aromatic nitrogens is 1. The number of para-hydroxylation sites is 1. The SMILES string of the molecule is CN(C)CCOC(=O)c1cc(=O)c2ccccc2n1C.Cl. The van der Waals surface area contributed by atoms with Gasteiger partial charge in [-0.15, -0.1) is 12.4 Å². The first kappa shape index (κ1) is 17.2. The zero-order chi connectivity index (χ0) is 14.7. The molecule has 6 heteroatoms. The summed E-state index contributed by atoms with van der Waals surface area (Å²) < 4.78 is 6.87. The van der Waals surface area contributed by atoms with Gasteiger partial charge in [-0.05, 0) is 26.2 Å². The van der Waals surface area contributed by atoms with Crippen molar-refractivity contribution in [3.63, 3.8) is 0 Å². The minimum Gasteiger partial charge on any atom is -0.460 e. The van der Waals surface area contributed by atoms with E-state index in [1.54, 1.807) is 23.7 Å². The minimum atomic E-state index is -0.475. The molecule has 0 atom stereocenters. The molecule has 0 radical (unpaired) electrons. The highest BCUT2D eigenvalue weighted by atomic mass is 35.5. The molecule has 114 valence electrons. The van der Waals surface area contributed by atoms with E-state index in [-0.39, 0.29) is 23.5 Å². The Bertz CT molecular complexity index is 695. The Morgan fingerprint density at radius 3 is 2.62 bits per heavy atom. The van der Waals surface area contributed by atoms with Gasteiger partial charge in [0, 0.05) is 25.0 Å². The van der Waals surface area contributed by atoms with Crippen LogP contribution < -0.4 is 5.43 Å². The lowest BCUT2D eigenvalue weighted by molar-refractivity contribution is 0.0470. The van der Waals surface area contributed by atoms with Gasteiger partial charge >= 0.3 is 5.97 Å². The molecule has 0 N–H and O–H groups in total. The molecule has 0 amide bonds. The van der Waals surface area contributed by atoms with E-state index in [1.807, 2.05) is 31.1 Å². The number of carbonyl (C=O) groups is 1. The van der Waals surface area contributed by atoms with Gasteiger partial charge in [-0.2, -0.15) is 0 Å². The van der Waals surface area contributed by atoms with Crippen LogP contribution in [0, 0.1) is 0 Å². The number of ether oxygens (including phenoxy) is 1. The first-order valence-electron chi connectivity index (χ1n) is 6.41. The van der Waals surface area contributed by atoms with Gasteiger partial charge in [-0.3, -0.25) is 4.79 Å². The molecule has 5 nitrogen and oxygen atoms in total. The molecule has 0 aliphatic heterocycles. The van der Waals surface area contributed by atoms with Crippen molar-refractivity contribution in [3.8, 4) is 0 Å².